The Kier molecular flexibility index (Phi) is 8.79. The second kappa shape index (κ2) is 10.1. The van der Waals surface area contributed by atoms with Gasteiger partial charge in [0.2, 0.25) is 0 Å². The monoisotopic (exact) mass is 387 g/mol. The molecule has 0 amide bonds. The summed E-state index contributed by atoms with van der Waals surface area (Å²) in [6, 6.07) is -0.646. The van der Waals surface area contributed by atoms with Crippen molar-refractivity contribution in [3.8, 4) is 0 Å². The van der Waals surface area contributed by atoms with E-state index in [1.54, 1.807) is 10.8 Å². The lowest BCUT2D eigenvalue weighted by molar-refractivity contribution is -0.147. The fourth-order valence-electron chi connectivity index (χ4n) is 2.25. The third-order valence-corrected chi connectivity index (χ3v) is 4.99. The molecular formula is C18H33N3O4S. The fourth-order valence-corrected chi connectivity index (χ4v) is 2.86. The Labute approximate surface area is 157 Å². The molecule has 0 aliphatic carbocycles. The first-order valence-corrected chi connectivity index (χ1v) is 11.7. The number of nitrogens with zero attached hydrogens (tertiary/aromatic N) is 2. The molecule has 0 spiro atoms. The van der Waals surface area contributed by atoms with Crippen LogP contribution in [0.3, 0.4) is 0 Å². The van der Waals surface area contributed by atoms with E-state index in [0.29, 0.717) is 30.5 Å². The van der Waals surface area contributed by atoms with Crippen molar-refractivity contribution in [3.05, 3.63) is 17.7 Å². The van der Waals surface area contributed by atoms with Crippen LogP contribution in [0.1, 0.15) is 43.5 Å². The predicted molar refractivity (Wildman–Crippen MR) is 106 cm³/mol. The fraction of sp³-hybridized carbons (Fsp3) is 0.722. The molecule has 0 aliphatic rings. The molecule has 1 aromatic rings. The van der Waals surface area contributed by atoms with Gasteiger partial charge in [-0.2, -0.15) is 0 Å². The third kappa shape index (κ3) is 8.33. The number of carbonyl (C=O) groups is 2. The number of Topliss-reactive ketones (excluding diaryl/α,β-unsaturated/α-hetero) is 1. The van der Waals surface area contributed by atoms with E-state index in [1.807, 2.05) is 13.8 Å². The Morgan fingerprint density at radius 1 is 1.31 bits per heavy atom. The topological polar surface area (TPSA) is 96.4 Å². The second-order valence-corrected chi connectivity index (χ2v) is 12.3. The molecule has 0 aromatic carbocycles. The minimum absolute atomic E-state index is 0.00987. The van der Waals surface area contributed by atoms with E-state index in [1.165, 1.54) is 6.92 Å². The summed E-state index contributed by atoms with van der Waals surface area (Å²) in [6.45, 7) is 6.31. The molecule has 1 atom stereocenters. The van der Waals surface area contributed by atoms with Crippen LogP contribution in [0.5, 0.6) is 0 Å². The summed E-state index contributed by atoms with van der Waals surface area (Å²) in [5.41, 5.74) is 6.31. The average Bonchev–Trinajstić information content (AvgIpc) is 2.91. The number of aromatic nitrogens is 2. The Morgan fingerprint density at radius 3 is 2.50 bits per heavy atom. The molecule has 0 saturated carbocycles. The normalized spacial score (nSPS) is 13.7. The molecule has 1 heterocycles. The molecule has 2 N–H and O–H groups in total. The first kappa shape index (κ1) is 22.7. The van der Waals surface area contributed by atoms with Crippen LogP contribution in [-0.2, 0) is 27.6 Å². The molecule has 1 aromatic heterocycles. The smallest absolute Gasteiger partial charge is 0.323 e. The van der Waals surface area contributed by atoms with E-state index in [0.717, 1.165) is 5.75 Å². The molecule has 8 heteroatoms. The van der Waals surface area contributed by atoms with Crippen LogP contribution in [0.25, 0.3) is 0 Å². The van der Waals surface area contributed by atoms with Crippen LogP contribution in [0, 0.1) is 5.92 Å². The Morgan fingerprint density at radius 2 is 1.96 bits per heavy atom. The van der Waals surface area contributed by atoms with Crippen LogP contribution >= 0.6 is 10.0 Å². The van der Waals surface area contributed by atoms with Crippen LogP contribution in [0.4, 0.5) is 0 Å². The van der Waals surface area contributed by atoms with Gasteiger partial charge in [0.25, 0.3) is 0 Å². The minimum atomic E-state index is -0.646. The minimum Gasteiger partial charge on any atom is -0.458 e. The summed E-state index contributed by atoms with van der Waals surface area (Å²) in [5, 5.41) is 0. The predicted octanol–water partition coefficient (Wildman–Crippen LogP) is 2.17. The highest BCUT2D eigenvalue weighted by Crippen LogP contribution is 2.33. The van der Waals surface area contributed by atoms with Gasteiger partial charge in [-0.25, -0.2) is 15.0 Å². The van der Waals surface area contributed by atoms with Crippen molar-refractivity contribution < 1.29 is 19.1 Å². The lowest BCUT2D eigenvalue weighted by Crippen LogP contribution is -2.33. The number of nitrogens with two attached hydrogens (primary N) is 1. The van der Waals surface area contributed by atoms with E-state index >= 15 is 0 Å². The molecule has 7 nitrogen and oxygen atoms in total. The standard InChI is InChI=1S/C18H33N3O4S/c1-13(2)9-16(19)18(23)25-11-15-10-21(17(20-15)14(3)22)12-24-7-8-26(4,5)6/h10,13,16H,7-9,11-12,19H2,1-6H3/t16-/m0/s1. The van der Waals surface area contributed by atoms with E-state index in [4.69, 9.17) is 15.2 Å². The number of carbonyl (C=O) groups excluding carboxylic acids is 2. The average molecular weight is 388 g/mol. The lowest BCUT2D eigenvalue weighted by atomic mass is 10.1. The number of ether oxygens (including phenoxy) is 2. The number of ketones is 1. The number of hydrogen-bond acceptors (Lipinski definition) is 6. The van der Waals surface area contributed by atoms with Crippen molar-refractivity contribution >= 4 is 21.8 Å². The van der Waals surface area contributed by atoms with Gasteiger partial charge in [-0.15, -0.1) is 0 Å². The maximum atomic E-state index is 11.9. The van der Waals surface area contributed by atoms with Gasteiger partial charge < -0.3 is 19.8 Å². The summed E-state index contributed by atoms with van der Waals surface area (Å²) in [7, 11) is -0.621. The van der Waals surface area contributed by atoms with E-state index in [2.05, 4.69) is 23.8 Å². The van der Waals surface area contributed by atoms with Gasteiger partial charge in [0, 0.05) is 18.9 Å². The third-order valence-electron chi connectivity index (χ3n) is 3.60. The van der Waals surface area contributed by atoms with Gasteiger partial charge in [-0.1, -0.05) is 13.8 Å². The summed E-state index contributed by atoms with van der Waals surface area (Å²) >= 11 is 0. The first-order valence-electron chi connectivity index (χ1n) is 8.72. The highest BCUT2D eigenvalue weighted by atomic mass is 32.3. The maximum absolute atomic E-state index is 11.9. The van der Waals surface area contributed by atoms with Crippen molar-refractivity contribution in [3.63, 3.8) is 0 Å². The molecule has 150 valence electrons. The molecule has 1 rings (SSSR count). The Bertz CT molecular complexity index is 608. The largest absolute Gasteiger partial charge is 0.458 e. The molecule has 0 unspecified atom stereocenters. The molecule has 0 bridgehead atoms. The molecule has 0 radical (unpaired) electrons. The zero-order chi connectivity index (χ0) is 19.9. The summed E-state index contributed by atoms with van der Waals surface area (Å²) in [5.74, 6) is 0.986. The van der Waals surface area contributed by atoms with Gasteiger partial charge in [-0.3, -0.25) is 9.59 Å². The van der Waals surface area contributed by atoms with Gasteiger partial charge in [0.1, 0.15) is 19.4 Å². The highest BCUT2D eigenvalue weighted by molar-refractivity contribution is 8.32. The number of hydrogen-bond donors (Lipinski definition) is 1. The summed E-state index contributed by atoms with van der Waals surface area (Å²) in [4.78, 5) is 27.9. The number of esters is 1. The van der Waals surface area contributed by atoms with Gasteiger partial charge >= 0.3 is 5.97 Å². The molecule has 0 fully saturated rings. The SMILES string of the molecule is CC(=O)c1nc(COC(=O)[C@@H](N)CC(C)C)cn1COCCS(C)(C)C. The Hall–Kier alpha value is -1.38. The van der Waals surface area contributed by atoms with Crippen molar-refractivity contribution in [2.24, 2.45) is 11.7 Å². The van der Waals surface area contributed by atoms with Gasteiger partial charge in [0.05, 0.1) is 12.3 Å². The zero-order valence-electron chi connectivity index (χ0n) is 16.8. The second-order valence-electron chi connectivity index (χ2n) is 7.76. The number of imidazole rings is 1. The van der Waals surface area contributed by atoms with Gasteiger partial charge in [0.15, 0.2) is 11.6 Å². The van der Waals surface area contributed by atoms with Crippen molar-refractivity contribution in [1.29, 1.82) is 0 Å². The van der Waals surface area contributed by atoms with Crippen molar-refractivity contribution in [1.82, 2.24) is 9.55 Å². The molecule has 0 saturated heterocycles. The van der Waals surface area contributed by atoms with Gasteiger partial charge in [-0.05, 0) is 31.1 Å². The van der Waals surface area contributed by atoms with E-state index in [9.17, 15) is 9.59 Å². The van der Waals surface area contributed by atoms with E-state index in [-0.39, 0.29) is 19.1 Å². The lowest BCUT2D eigenvalue weighted by Gasteiger charge is -2.24. The molecule has 26 heavy (non-hydrogen) atoms. The van der Waals surface area contributed by atoms with Crippen LogP contribution in [-0.4, -0.2) is 58.5 Å². The zero-order valence-corrected chi connectivity index (χ0v) is 17.6. The molecule has 0 aliphatic heterocycles. The number of rotatable bonds is 11. The molecular weight excluding hydrogens is 354 g/mol. The maximum Gasteiger partial charge on any atom is 0.323 e. The van der Waals surface area contributed by atoms with Crippen molar-refractivity contribution in [2.75, 3.05) is 31.1 Å². The quantitative estimate of drug-likeness (QED) is 0.355. The summed E-state index contributed by atoms with van der Waals surface area (Å²) < 4.78 is 12.5. The van der Waals surface area contributed by atoms with E-state index < -0.39 is 22.0 Å². The van der Waals surface area contributed by atoms with Crippen LogP contribution < -0.4 is 5.73 Å². The van der Waals surface area contributed by atoms with Crippen molar-refractivity contribution in [2.45, 2.75) is 46.6 Å². The Balaban J connectivity index is 2.62. The first-order chi connectivity index (χ1) is 12.0. The summed E-state index contributed by atoms with van der Waals surface area (Å²) in [6.07, 6.45) is 8.93. The van der Waals surface area contributed by atoms with Crippen LogP contribution in [0.15, 0.2) is 6.20 Å². The van der Waals surface area contributed by atoms with Crippen LogP contribution in [0.2, 0.25) is 0 Å². The highest BCUT2D eigenvalue weighted by Gasteiger charge is 2.18.